The summed E-state index contributed by atoms with van der Waals surface area (Å²) in [5.74, 6) is 2.12. The van der Waals surface area contributed by atoms with E-state index in [-0.39, 0.29) is 0 Å². The summed E-state index contributed by atoms with van der Waals surface area (Å²) in [5, 5.41) is 28.5. The summed E-state index contributed by atoms with van der Waals surface area (Å²) in [6.45, 7) is 2.05. The molecule has 2 aromatic heterocycles. The zero-order valence-electron chi connectivity index (χ0n) is 15.2. The minimum Gasteiger partial charge on any atom is -0.317 e. The van der Waals surface area contributed by atoms with Crippen LogP contribution in [-0.4, -0.2) is 38.5 Å². The molecule has 0 radical (unpaired) electrons. The average molecular weight is 369 g/mol. The highest BCUT2D eigenvalue weighted by molar-refractivity contribution is 5.95. The zero-order valence-corrected chi connectivity index (χ0v) is 15.2. The van der Waals surface area contributed by atoms with Gasteiger partial charge < -0.3 is 5.32 Å². The molecule has 1 aliphatic heterocycles. The van der Waals surface area contributed by atoms with Gasteiger partial charge in [0.15, 0.2) is 5.82 Å². The largest absolute Gasteiger partial charge is 0.317 e. The molecule has 1 fully saturated rings. The van der Waals surface area contributed by atoms with Gasteiger partial charge in [-0.15, -0.1) is 0 Å². The van der Waals surface area contributed by atoms with Gasteiger partial charge in [-0.25, -0.2) is 4.98 Å². The fourth-order valence-corrected chi connectivity index (χ4v) is 3.76. The van der Waals surface area contributed by atoms with E-state index in [0.717, 1.165) is 59.5 Å². The predicted molar refractivity (Wildman–Crippen MR) is 106 cm³/mol. The maximum Gasteiger partial charge on any atom is 0.181 e. The standard InChI is InChI=1S/C21H19N7/c22-12-13-1-3-14(4-2-13)19-17-11-16(5-6-18(17)25-26-19)21-24-20(27-28-21)15-7-9-23-10-8-15/h1-6,11,15,23H,7-10H2,(H,25,26)(H,24,27,28). The molecule has 5 rings (SSSR count). The molecule has 0 saturated carbocycles. The topological polar surface area (TPSA) is 106 Å². The van der Waals surface area contributed by atoms with Crippen LogP contribution in [-0.2, 0) is 0 Å². The summed E-state index contributed by atoms with van der Waals surface area (Å²) in [5.41, 5.74) is 4.37. The highest BCUT2D eigenvalue weighted by atomic mass is 15.2. The summed E-state index contributed by atoms with van der Waals surface area (Å²) in [4.78, 5) is 4.76. The molecule has 7 nitrogen and oxygen atoms in total. The summed E-state index contributed by atoms with van der Waals surface area (Å²) in [6.07, 6.45) is 2.16. The van der Waals surface area contributed by atoms with Crippen molar-refractivity contribution >= 4 is 10.9 Å². The maximum absolute atomic E-state index is 9.00. The van der Waals surface area contributed by atoms with Gasteiger partial charge in [-0.1, -0.05) is 12.1 Å². The Hall–Kier alpha value is -3.50. The number of nitrogens with zero attached hydrogens (tertiary/aromatic N) is 4. The Kier molecular flexibility index (Phi) is 4.11. The second kappa shape index (κ2) is 6.91. The minimum absolute atomic E-state index is 0.439. The summed E-state index contributed by atoms with van der Waals surface area (Å²) in [6, 6.07) is 15.7. The molecule has 138 valence electrons. The Morgan fingerprint density at radius 1 is 0.929 bits per heavy atom. The Balaban J connectivity index is 1.51. The minimum atomic E-state index is 0.439. The van der Waals surface area contributed by atoms with E-state index in [2.05, 4.69) is 37.8 Å². The molecule has 0 aliphatic carbocycles. The number of aromatic nitrogens is 5. The third-order valence-electron chi connectivity index (χ3n) is 5.34. The van der Waals surface area contributed by atoms with Crippen LogP contribution in [0.5, 0.6) is 0 Å². The van der Waals surface area contributed by atoms with Gasteiger partial charge in [-0.3, -0.25) is 10.2 Å². The molecule has 0 atom stereocenters. The SMILES string of the molecule is N#Cc1ccc(-c2n[nH]c3ccc(-c4n[nH]c(C5CCNCC5)n4)cc23)cc1. The van der Waals surface area contributed by atoms with Gasteiger partial charge in [0.1, 0.15) is 5.82 Å². The van der Waals surface area contributed by atoms with Crippen molar-refractivity contribution in [1.82, 2.24) is 30.7 Å². The molecule has 2 aromatic carbocycles. The van der Waals surface area contributed by atoms with Crippen LogP contribution in [0.1, 0.15) is 30.1 Å². The van der Waals surface area contributed by atoms with E-state index in [1.165, 1.54) is 0 Å². The molecule has 0 amide bonds. The van der Waals surface area contributed by atoms with Crippen LogP contribution in [0.25, 0.3) is 33.5 Å². The van der Waals surface area contributed by atoms with Crippen LogP contribution < -0.4 is 5.32 Å². The van der Waals surface area contributed by atoms with Crippen LogP contribution in [0.4, 0.5) is 0 Å². The second-order valence-electron chi connectivity index (χ2n) is 7.09. The van der Waals surface area contributed by atoms with Crippen molar-refractivity contribution < 1.29 is 0 Å². The monoisotopic (exact) mass is 369 g/mol. The van der Waals surface area contributed by atoms with E-state index in [9.17, 15) is 0 Å². The number of nitrogens with one attached hydrogen (secondary N) is 3. The lowest BCUT2D eigenvalue weighted by Gasteiger charge is -2.19. The molecule has 0 unspecified atom stereocenters. The zero-order chi connectivity index (χ0) is 18.9. The van der Waals surface area contributed by atoms with Crippen molar-refractivity contribution in [1.29, 1.82) is 5.26 Å². The van der Waals surface area contributed by atoms with Gasteiger partial charge in [0.2, 0.25) is 0 Å². The molecule has 3 heterocycles. The third-order valence-corrected chi connectivity index (χ3v) is 5.34. The molecule has 1 saturated heterocycles. The first-order chi connectivity index (χ1) is 13.8. The Labute approximate surface area is 161 Å². The van der Waals surface area contributed by atoms with Crippen molar-refractivity contribution in [2.75, 3.05) is 13.1 Å². The number of piperidine rings is 1. The molecule has 28 heavy (non-hydrogen) atoms. The Bertz CT molecular complexity index is 1160. The number of fused-ring (bicyclic) bond motifs is 1. The number of aromatic amines is 2. The van der Waals surface area contributed by atoms with Crippen LogP contribution in [0, 0.1) is 11.3 Å². The Morgan fingerprint density at radius 2 is 1.71 bits per heavy atom. The fraction of sp³-hybridized carbons (Fsp3) is 0.238. The van der Waals surface area contributed by atoms with Gasteiger partial charge in [0.25, 0.3) is 0 Å². The number of nitriles is 1. The van der Waals surface area contributed by atoms with Crippen LogP contribution in [0.2, 0.25) is 0 Å². The normalized spacial score (nSPS) is 15.0. The van der Waals surface area contributed by atoms with E-state index in [1.807, 2.05) is 24.3 Å². The van der Waals surface area contributed by atoms with Crippen molar-refractivity contribution in [3.05, 3.63) is 53.9 Å². The van der Waals surface area contributed by atoms with E-state index in [1.54, 1.807) is 12.1 Å². The first-order valence-corrected chi connectivity index (χ1v) is 9.44. The highest BCUT2D eigenvalue weighted by Gasteiger charge is 2.19. The lowest BCUT2D eigenvalue weighted by molar-refractivity contribution is 0.446. The van der Waals surface area contributed by atoms with Crippen LogP contribution >= 0.6 is 0 Å². The van der Waals surface area contributed by atoms with E-state index in [0.29, 0.717) is 17.3 Å². The highest BCUT2D eigenvalue weighted by Crippen LogP contribution is 2.30. The lowest BCUT2D eigenvalue weighted by atomic mass is 9.97. The smallest absolute Gasteiger partial charge is 0.181 e. The van der Waals surface area contributed by atoms with E-state index in [4.69, 9.17) is 10.2 Å². The molecular weight excluding hydrogens is 350 g/mol. The van der Waals surface area contributed by atoms with E-state index < -0.39 is 0 Å². The third kappa shape index (κ3) is 2.94. The molecule has 7 heteroatoms. The molecule has 0 bridgehead atoms. The average Bonchev–Trinajstić information content (AvgIpc) is 3.41. The van der Waals surface area contributed by atoms with Crippen molar-refractivity contribution in [3.63, 3.8) is 0 Å². The summed E-state index contributed by atoms with van der Waals surface area (Å²) >= 11 is 0. The molecule has 0 spiro atoms. The Morgan fingerprint density at radius 3 is 2.50 bits per heavy atom. The first-order valence-electron chi connectivity index (χ1n) is 9.44. The maximum atomic E-state index is 9.00. The fourth-order valence-electron chi connectivity index (χ4n) is 3.76. The second-order valence-corrected chi connectivity index (χ2v) is 7.09. The first kappa shape index (κ1) is 16.7. The van der Waals surface area contributed by atoms with Gasteiger partial charge in [0.05, 0.1) is 22.8 Å². The molecule has 3 N–H and O–H groups in total. The van der Waals surface area contributed by atoms with Crippen LogP contribution in [0.15, 0.2) is 42.5 Å². The summed E-state index contributed by atoms with van der Waals surface area (Å²) < 4.78 is 0. The van der Waals surface area contributed by atoms with Crippen molar-refractivity contribution in [2.45, 2.75) is 18.8 Å². The molecular formula is C21H19N7. The number of rotatable bonds is 3. The molecule has 4 aromatic rings. The van der Waals surface area contributed by atoms with Crippen molar-refractivity contribution in [3.8, 4) is 28.7 Å². The number of hydrogen-bond donors (Lipinski definition) is 3. The predicted octanol–water partition coefficient (Wildman–Crippen LogP) is 3.35. The quantitative estimate of drug-likeness (QED) is 0.513. The molecule has 1 aliphatic rings. The van der Waals surface area contributed by atoms with Gasteiger partial charge in [0, 0.05) is 22.4 Å². The van der Waals surface area contributed by atoms with Gasteiger partial charge in [-0.2, -0.15) is 15.5 Å². The lowest BCUT2D eigenvalue weighted by Crippen LogP contribution is -2.27. The van der Waals surface area contributed by atoms with Gasteiger partial charge in [-0.05, 0) is 56.3 Å². The van der Waals surface area contributed by atoms with Crippen LogP contribution in [0.3, 0.4) is 0 Å². The summed E-state index contributed by atoms with van der Waals surface area (Å²) in [7, 11) is 0. The number of benzene rings is 2. The van der Waals surface area contributed by atoms with Gasteiger partial charge >= 0.3 is 0 Å². The van der Waals surface area contributed by atoms with E-state index >= 15 is 0 Å². The number of H-pyrrole nitrogens is 2. The van der Waals surface area contributed by atoms with Crippen molar-refractivity contribution in [2.24, 2.45) is 0 Å². The number of hydrogen-bond acceptors (Lipinski definition) is 5.